The van der Waals surface area contributed by atoms with E-state index < -0.39 is 17.7 Å². The van der Waals surface area contributed by atoms with Crippen LogP contribution in [0.3, 0.4) is 0 Å². The highest BCUT2D eigenvalue weighted by atomic mass is 35.5. The van der Waals surface area contributed by atoms with Crippen LogP contribution in [0, 0.1) is 0 Å². The minimum absolute atomic E-state index is 0.0490. The summed E-state index contributed by atoms with van der Waals surface area (Å²) in [7, 11) is 0. The molecule has 1 aliphatic heterocycles. The first-order valence-corrected chi connectivity index (χ1v) is 9.19. The van der Waals surface area contributed by atoms with E-state index >= 15 is 0 Å². The molecule has 6 nitrogen and oxygen atoms in total. The zero-order chi connectivity index (χ0) is 21.0. The Hall–Kier alpha value is -2.52. The largest absolute Gasteiger partial charge is 0.478 e. The molecule has 1 aromatic heterocycles. The number of benzene rings is 1. The Balaban J connectivity index is 1.85. The van der Waals surface area contributed by atoms with Crippen LogP contribution in [-0.2, 0) is 22.3 Å². The van der Waals surface area contributed by atoms with Crippen molar-refractivity contribution in [2.24, 2.45) is 0 Å². The molecular formula is C19H18ClF3N2O4. The third-order valence-electron chi connectivity index (χ3n) is 4.34. The molecule has 1 fully saturated rings. The van der Waals surface area contributed by atoms with E-state index in [0.717, 1.165) is 18.2 Å². The lowest BCUT2D eigenvalue weighted by Gasteiger charge is -2.21. The number of nitrogens with zero attached hydrogens (tertiary/aromatic N) is 2. The van der Waals surface area contributed by atoms with E-state index in [-0.39, 0.29) is 17.7 Å². The van der Waals surface area contributed by atoms with Gasteiger partial charge in [-0.25, -0.2) is 4.79 Å². The van der Waals surface area contributed by atoms with Crippen LogP contribution >= 0.6 is 11.6 Å². The fourth-order valence-corrected chi connectivity index (χ4v) is 3.10. The Labute approximate surface area is 169 Å². The van der Waals surface area contributed by atoms with Crippen molar-refractivity contribution < 1.29 is 32.5 Å². The maximum absolute atomic E-state index is 12.8. The highest BCUT2D eigenvalue weighted by Crippen LogP contribution is 2.32. The van der Waals surface area contributed by atoms with Crippen molar-refractivity contribution in [3.05, 3.63) is 52.2 Å². The molecule has 1 aromatic carbocycles. The summed E-state index contributed by atoms with van der Waals surface area (Å²) in [5.41, 5.74) is -0.0166. The Morgan fingerprint density at radius 2 is 2.07 bits per heavy atom. The third kappa shape index (κ3) is 5.74. The number of aromatic nitrogens is 2. The number of aliphatic carboxylic acids is 1. The average molecular weight is 431 g/mol. The molecular weight excluding hydrogens is 413 g/mol. The summed E-state index contributed by atoms with van der Waals surface area (Å²) in [6.07, 6.45) is -0.869. The first kappa shape index (κ1) is 21.2. The van der Waals surface area contributed by atoms with E-state index in [4.69, 9.17) is 26.2 Å². The first-order chi connectivity index (χ1) is 13.7. The van der Waals surface area contributed by atoms with E-state index in [1.807, 2.05) is 0 Å². The van der Waals surface area contributed by atoms with Crippen molar-refractivity contribution in [3.63, 3.8) is 0 Å². The standard InChI is InChI=1S/C19H18ClF3N2O4/c20-16-9-13(19(21,22)23)2-1-12(16)11-25-14(3-4-18(26)27)10-17(24-25)29-15-5-7-28-8-6-15/h1-4,9-10,15H,5-8,11H2,(H,26,27). The molecule has 2 aromatic rings. The third-order valence-corrected chi connectivity index (χ3v) is 4.69. The number of ether oxygens (including phenoxy) is 2. The topological polar surface area (TPSA) is 73.6 Å². The van der Waals surface area contributed by atoms with Gasteiger partial charge in [0, 0.05) is 30.0 Å². The van der Waals surface area contributed by atoms with Crippen molar-refractivity contribution in [1.29, 1.82) is 0 Å². The van der Waals surface area contributed by atoms with Crippen molar-refractivity contribution in [1.82, 2.24) is 9.78 Å². The quantitative estimate of drug-likeness (QED) is 0.693. The minimum atomic E-state index is -4.49. The molecule has 0 amide bonds. The number of rotatable bonds is 6. The van der Waals surface area contributed by atoms with Gasteiger partial charge in [-0.05, 0) is 23.8 Å². The van der Waals surface area contributed by atoms with Gasteiger partial charge < -0.3 is 14.6 Å². The van der Waals surface area contributed by atoms with Crippen molar-refractivity contribution in [2.75, 3.05) is 13.2 Å². The summed E-state index contributed by atoms with van der Waals surface area (Å²) in [5.74, 6) is -0.845. The second kappa shape index (κ2) is 8.87. The average Bonchev–Trinajstić information content (AvgIpc) is 3.03. The van der Waals surface area contributed by atoms with Gasteiger partial charge in [0.25, 0.3) is 0 Å². The number of hydrogen-bond acceptors (Lipinski definition) is 4. The smallest absolute Gasteiger partial charge is 0.416 e. The predicted molar refractivity (Wildman–Crippen MR) is 98.9 cm³/mol. The summed E-state index contributed by atoms with van der Waals surface area (Å²) in [6, 6.07) is 4.65. The molecule has 0 saturated carbocycles. The van der Waals surface area contributed by atoms with E-state index in [9.17, 15) is 18.0 Å². The molecule has 0 radical (unpaired) electrons. The predicted octanol–water partition coefficient (Wildman–Crippen LogP) is 4.26. The van der Waals surface area contributed by atoms with Gasteiger partial charge in [-0.1, -0.05) is 17.7 Å². The van der Waals surface area contributed by atoms with Crippen LogP contribution in [0.15, 0.2) is 30.3 Å². The molecule has 0 spiro atoms. The van der Waals surface area contributed by atoms with Crippen LogP contribution in [0.1, 0.15) is 29.7 Å². The summed E-state index contributed by atoms with van der Waals surface area (Å²) in [5, 5.41) is 13.1. The van der Waals surface area contributed by atoms with Crippen LogP contribution in [0.4, 0.5) is 13.2 Å². The van der Waals surface area contributed by atoms with Gasteiger partial charge in [0.05, 0.1) is 31.0 Å². The highest BCUT2D eigenvalue weighted by molar-refractivity contribution is 6.31. The van der Waals surface area contributed by atoms with Crippen molar-refractivity contribution in [2.45, 2.75) is 31.7 Å². The molecule has 0 bridgehead atoms. The van der Waals surface area contributed by atoms with Gasteiger partial charge in [-0.3, -0.25) is 4.68 Å². The molecule has 3 rings (SSSR count). The number of carboxylic acids is 1. The Morgan fingerprint density at radius 3 is 2.69 bits per heavy atom. The van der Waals surface area contributed by atoms with Crippen LogP contribution in [-0.4, -0.2) is 40.2 Å². The van der Waals surface area contributed by atoms with Gasteiger partial charge >= 0.3 is 12.1 Å². The first-order valence-electron chi connectivity index (χ1n) is 8.81. The van der Waals surface area contributed by atoms with Crippen LogP contribution in [0.5, 0.6) is 5.88 Å². The number of hydrogen-bond donors (Lipinski definition) is 1. The maximum Gasteiger partial charge on any atom is 0.416 e. The lowest BCUT2D eigenvalue weighted by Crippen LogP contribution is -2.26. The second-order valence-electron chi connectivity index (χ2n) is 6.47. The Morgan fingerprint density at radius 1 is 1.34 bits per heavy atom. The zero-order valence-electron chi connectivity index (χ0n) is 15.2. The van der Waals surface area contributed by atoms with Crippen LogP contribution in [0.2, 0.25) is 5.02 Å². The molecule has 0 unspecified atom stereocenters. The van der Waals surface area contributed by atoms with E-state index in [1.165, 1.54) is 16.8 Å². The lowest BCUT2D eigenvalue weighted by molar-refractivity contribution is -0.137. The zero-order valence-corrected chi connectivity index (χ0v) is 15.9. The molecule has 10 heteroatoms. The van der Waals surface area contributed by atoms with Gasteiger partial charge in [-0.15, -0.1) is 5.10 Å². The second-order valence-corrected chi connectivity index (χ2v) is 6.88. The van der Waals surface area contributed by atoms with Gasteiger partial charge in [0.1, 0.15) is 6.10 Å². The summed E-state index contributed by atoms with van der Waals surface area (Å²) in [4.78, 5) is 10.9. The fraction of sp³-hybridized carbons (Fsp3) is 0.368. The summed E-state index contributed by atoms with van der Waals surface area (Å²) >= 11 is 6.03. The van der Waals surface area contributed by atoms with E-state index in [1.54, 1.807) is 6.07 Å². The van der Waals surface area contributed by atoms with Crippen molar-refractivity contribution >= 4 is 23.6 Å². The normalized spacial score (nSPS) is 15.7. The number of alkyl halides is 3. The SMILES string of the molecule is O=C(O)C=Cc1cc(OC2CCOCC2)nn1Cc1ccc(C(F)(F)F)cc1Cl. The highest BCUT2D eigenvalue weighted by Gasteiger charge is 2.31. The van der Waals surface area contributed by atoms with Crippen LogP contribution in [0.25, 0.3) is 6.08 Å². The lowest BCUT2D eigenvalue weighted by atomic mass is 10.1. The monoisotopic (exact) mass is 430 g/mol. The molecule has 1 N–H and O–H groups in total. The molecule has 29 heavy (non-hydrogen) atoms. The van der Waals surface area contributed by atoms with E-state index in [2.05, 4.69) is 5.10 Å². The number of carboxylic acid groups (broad SMARTS) is 1. The molecule has 1 aliphatic rings. The Kier molecular flexibility index (Phi) is 6.49. The number of carbonyl (C=O) groups is 1. The summed E-state index contributed by atoms with van der Waals surface area (Å²) in [6.45, 7) is 1.21. The molecule has 2 heterocycles. The van der Waals surface area contributed by atoms with Gasteiger partial charge in [0.2, 0.25) is 5.88 Å². The number of halogens is 4. The van der Waals surface area contributed by atoms with E-state index in [0.29, 0.717) is 43.2 Å². The van der Waals surface area contributed by atoms with Crippen molar-refractivity contribution in [3.8, 4) is 5.88 Å². The minimum Gasteiger partial charge on any atom is -0.478 e. The van der Waals surface area contributed by atoms with Gasteiger partial charge in [0.15, 0.2) is 0 Å². The molecule has 1 saturated heterocycles. The van der Waals surface area contributed by atoms with Crippen LogP contribution < -0.4 is 4.74 Å². The van der Waals surface area contributed by atoms with Gasteiger partial charge in [-0.2, -0.15) is 13.2 Å². The molecule has 0 aliphatic carbocycles. The fourth-order valence-electron chi connectivity index (χ4n) is 2.86. The Bertz CT molecular complexity index is 905. The maximum atomic E-state index is 12.8. The summed E-state index contributed by atoms with van der Waals surface area (Å²) < 4.78 is 51.0. The molecule has 0 atom stereocenters. The molecule has 156 valence electrons.